The number of halogens is 1. The number of nitrogens with zero attached hydrogens (tertiary/aromatic N) is 1. The van der Waals surface area contributed by atoms with Gasteiger partial charge in [-0.3, -0.25) is 4.79 Å². The fraction of sp³-hybridized carbons (Fsp3) is 0.278. The van der Waals surface area contributed by atoms with Gasteiger partial charge in [0.2, 0.25) is 10.0 Å². The van der Waals surface area contributed by atoms with Crippen LogP contribution in [0.15, 0.2) is 53.4 Å². The number of carbonyl (C=O) groups is 1. The molecule has 6 nitrogen and oxygen atoms in total. The van der Waals surface area contributed by atoms with E-state index in [0.29, 0.717) is 36.0 Å². The Balaban J connectivity index is 1.82. The van der Waals surface area contributed by atoms with Gasteiger partial charge in [-0.05, 0) is 37.3 Å². The molecule has 138 valence electrons. The van der Waals surface area contributed by atoms with Crippen LogP contribution in [0.4, 0.5) is 5.69 Å². The molecule has 0 bridgehead atoms. The topological polar surface area (TPSA) is 75.7 Å². The number of hydrogen-bond acceptors (Lipinski definition) is 4. The van der Waals surface area contributed by atoms with Crippen molar-refractivity contribution in [2.45, 2.75) is 17.9 Å². The predicted octanol–water partition coefficient (Wildman–Crippen LogP) is 3.00. The van der Waals surface area contributed by atoms with Crippen LogP contribution in [-0.4, -0.2) is 44.4 Å². The number of benzene rings is 2. The minimum absolute atomic E-state index is 0.128. The molecule has 1 aliphatic rings. The molecule has 1 heterocycles. The summed E-state index contributed by atoms with van der Waals surface area (Å²) >= 11 is 6.03. The predicted molar refractivity (Wildman–Crippen MR) is 100 cm³/mol. The van der Waals surface area contributed by atoms with Gasteiger partial charge in [-0.25, -0.2) is 8.42 Å². The maximum atomic E-state index is 12.8. The van der Waals surface area contributed by atoms with Gasteiger partial charge in [0.25, 0.3) is 5.91 Å². The molecule has 26 heavy (non-hydrogen) atoms. The molecule has 0 aliphatic carbocycles. The molecule has 0 aromatic heterocycles. The van der Waals surface area contributed by atoms with Crippen molar-refractivity contribution in [3.05, 3.63) is 59.1 Å². The summed E-state index contributed by atoms with van der Waals surface area (Å²) in [5, 5.41) is 3.02. The van der Waals surface area contributed by atoms with E-state index in [2.05, 4.69) is 5.32 Å². The molecule has 3 rings (SSSR count). The standard InChI is InChI=1S/C18H19ClN2O4S/c1-13-12-21(9-10-25-13)26(23,24)15-6-4-5-14(11-15)20-18(22)16-7-2-3-8-17(16)19/h2-8,11,13H,9-10,12H2,1H3,(H,20,22). The molecule has 1 N–H and O–H groups in total. The number of rotatable bonds is 4. The Morgan fingerprint density at radius 1 is 1.23 bits per heavy atom. The number of anilines is 1. The summed E-state index contributed by atoms with van der Waals surface area (Å²) in [6, 6.07) is 12.9. The van der Waals surface area contributed by atoms with Crippen molar-refractivity contribution < 1.29 is 17.9 Å². The van der Waals surface area contributed by atoms with Gasteiger partial charge in [0, 0.05) is 18.8 Å². The molecular formula is C18H19ClN2O4S. The maximum absolute atomic E-state index is 12.8. The van der Waals surface area contributed by atoms with Gasteiger partial charge in [0.1, 0.15) is 0 Å². The van der Waals surface area contributed by atoms with E-state index in [1.807, 2.05) is 6.92 Å². The lowest BCUT2D eigenvalue weighted by atomic mass is 10.2. The summed E-state index contributed by atoms with van der Waals surface area (Å²) in [5.74, 6) is -0.398. The molecule has 0 saturated carbocycles. The van der Waals surface area contributed by atoms with Crippen LogP contribution in [0.5, 0.6) is 0 Å². The fourth-order valence-electron chi connectivity index (χ4n) is 2.73. The molecule has 0 radical (unpaired) electrons. The molecule has 1 aliphatic heterocycles. The van der Waals surface area contributed by atoms with Crippen LogP contribution in [-0.2, 0) is 14.8 Å². The van der Waals surface area contributed by atoms with Crippen LogP contribution < -0.4 is 5.32 Å². The van der Waals surface area contributed by atoms with E-state index in [-0.39, 0.29) is 11.0 Å². The van der Waals surface area contributed by atoms with E-state index in [9.17, 15) is 13.2 Å². The third-order valence-electron chi connectivity index (χ3n) is 4.05. The lowest BCUT2D eigenvalue weighted by molar-refractivity contribution is 0.0102. The van der Waals surface area contributed by atoms with Gasteiger partial charge >= 0.3 is 0 Å². The van der Waals surface area contributed by atoms with Gasteiger partial charge < -0.3 is 10.1 Å². The average Bonchev–Trinajstić information content (AvgIpc) is 2.62. The van der Waals surface area contributed by atoms with Gasteiger partial charge in [-0.15, -0.1) is 0 Å². The highest BCUT2D eigenvalue weighted by Gasteiger charge is 2.29. The minimum atomic E-state index is -3.65. The second-order valence-corrected chi connectivity index (χ2v) is 8.35. The Hall–Kier alpha value is -1.93. The van der Waals surface area contributed by atoms with E-state index >= 15 is 0 Å². The summed E-state index contributed by atoms with van der Waals surface area (Å²) < 4.78 is 32.5. The van der Waals surface area contributed by atoms with E-state index in [1.54, 1.807) is 36.4 Å². The number of amides is 1. The van der Waals surface area contributed by atoms with Crippen LogP contribution in [0.2, 0.25) is 5.02 Å². The normalized spacial score (nSPS) is 18.5. The van der Waals surface area contributed by atoms with Crippen LogP contribution in [0, 0.1) is 0 Å². The zero-order valence-electron chi connectivity index (χ0n) is 14.2. The van der Waals surface area contributed by atoms with E-state index in [4.69, 9.17) is 16.3 Å². The van der Waals surface area contributed by atoms with Crippen molar-refractivity contribution in [2.24, 2.45) is 0 Å². The van der Waals surface area contributed by atoms with Crippen molar-refractivity contribution in [2.75, 3.05) is 25.0 Å². The van der Waals surface area contributed by atoms with Gasteiger partial charge in [-0.2, -0.15) is 4.31 Å². The second kappa shape index (κ2) is 7.75. The van der Waals surface area contributed by atoms with Crippen molar-refractivity contribution >= 4 is 33.2 Å². The smallest absolute Gasteiger partial charge is 0.257 e. The number of sulfonamides is 1. The number of carbonyl (C=O) groups excluding carboxylic acids is 1. The van der Waals surface area contributed by atoms with Crippen LogP contribution in [0.3, 0.4) is 0 Å². The zero-order chi connectivity index (χ0) is 18.7. The van der Waals surface area contributed by atoms with Crippen molar-refractivity contribution in [1.82, 2.24) is 4.31 Å². The summed E-state index contributed by atoms with van der Waals surface area (Å²) in [6.07, 6.45) is -0.151. The highest BCUT2D eigenvalue weighted by atomic mass is 35.5. The fourth-order valence-corrected chi connectivity index (χ4v) is 4.50. The van der Waals surface area contributed by atoms with Crippen molar-refractivity contribution in [3.8, 4) is 0 Å². The van der Waals surface area contributed by atoms with E-state index in [0.717, 1.165) is 0 Å². The van der Waals surface area contributed by atoms with Crippen LogP contribution >= 0.6 is 11.6 Å². The van der Waals surface area contributed by atoms with Gasteiger partial charge in [-0.1, -0.05) is 29.8 Å². The van der Waals surface area contributed by atoms with Crippen molar-refractivity contribution in [3.63, 3.8) is 0 Å². The Morgan fingerprint density at radius 2 is 2.00 bits per heavy atom. The monoisotopic (exact) mass is 394 g/mol. The van der Waals surface area contributed by atoms with Crippen LogP contribution in [0.25, 0.3) is 0 Å². The molecular weight excluding hydrogens is 376 g/mol. The number of ether oxygens (including phenoxy) is 1. The number of nitrogens with one attached hydrogen (secondary N) is 1. The largest absolute Gasteiger partial charge is 0.376 e. The molecule has 1 saturated heterocycles. The first-order valence-electron chi connectivity index (χ1n) is 8.15. The molecule has 1 amide bonds. The van der Waals surface area contributed by atoms with Gasteiger partial charge in [0.15, 0.2) is 0 Å². The molecule has 8 heteroatoms. The molecule has 0 spiro atoms. The van der Waals surface area contributed by atoms with E-state index < -0.39 is 15.9 Å². The molecule has 2 aromatic carbocycles. The zero-order valence-corrected chi connectivity index (χ0v) is 15.8. The Morgan fingerprint density at radius 3 is 2.73 bits per heavy atom. The Bertz CT molecular complexity index is 917. The highest BCUT2D eigenvalue weighted by Crippen LogP contribution is 2.23. The lowest BCUT2D eigenvalue weighted by Gasteiger charge is -2.30. The third kappa shape index (κ3) is 4.07. The molecule has 1 unspecified atom stereocenters. The Labute approximate surface area is 157 Å². The maximum Gasteiger partial charge on any atom is 0.257 e. The lowest BCUT2D eigenvalue weighted by Crippen LogP contribution is -2.44. The molecule has 2 aromatic rings. The molecule has 1 fully saturated rings. The van der Waals surface area contributed by atoms with Gasteiger partial charge in [0.05, 0.1) is 28.2 Å². The summed E-state index contributed by atoms with van der Waals surface area (Å²) in [7, 11) is -3.65. The SMILES string of the molecule is CC1CN(S(=O)(=O)c2cccc(NC(=O)c3ccccc3Cl)c2)CCO1. The van der Waals surface area contributed by atoms with E-state index in [1.165, 1.54) is 16.4 Å². The van der Waals surface area contributed by atoms with Crippen LogP contribution in [0.1, 0.15) is 17.3 Å². The first-order valence-corrected chi connectivity index (χ1v) is 9.97. The first kappa shape index (κ1) is 18.8. The van der Waals surface area contributed by atoms with Crippen molar-refractivity contribution in [1.29, 1.82) is 0 Å². The third-order valence-corrected chi connectivity index (χ3v) is 6.24. The second-order valence-electron chi connectivity index (χ2n) is 6.01. The number of morpholine rings is 1. The average molecular weight is 395 g/mol. The molecule has 1 atom stereocenters. The Kier molecular flexibility index (Phi) is 5.62. The highest BCUT2D eigenvalue weighted by molar-refractivity contribution is 7.89. The summed E-state index contributed by atoms with van der Waals surface area (Å²) in [5.41, 5.74) is 0.710. The summed E-state index contributed by atoms with van der Waals surface area (Å²) in [4.78, 5) is 12.5. The minimum Gasteiger partial charge on any atom is -0.376 e. The quantitative estimate of drug-likeness (QED) is 0.864. The number of hydrogen-bond donors (Lipinski definition) is 1. The summed E-state index contributed by atoms with van der Waals surface area (Å²) in [6.45, 7) is 2.81. The first-order chi connectivity index (χ1) is 12.4.